The van der Waals surface area contributed by atoms with E-state index in [9.17, 15) is 0 Å². The summed E-state index contributed by atoms with van der Waals surface area (Å²) in [5.74, 6) is 0. The molecule has 5 heavy (non-hydrogen) atoms. The van der Waals surface area contributed by atoms with E-state index in [0.717, 1.165) is 0 Å². The molecule has 0 saturated heterocycles. The van der Waals surface area contributed by atoms with Gasteiger partial charge in [-0.1, -0.05) is 0 Å². The molecule has 0 saturated carbocycles. The summed E-state index contributed by atoms with van der Waals surface area (Å²) in [7, 11) is 0. The van der Waals surface area contributed by atoms with Crippen molar-refractivity contribution in [2.45, 2.75) is 0 Å². The fourth-order valence-corrected chi connectivity index (χ4v) is 0. The summed E-state index contributed by atoms with van der Waals surface area (Å²) < 4.78 is 0. The fraction of sp³-hybridized carbons (Fsp3) is 0. The maximum absolute atomic E-state index is 0. The van der Waals surface area contributed by atoms with Gasteiger partial charge >= 0.3 is 187 Å². The van der Waals surface area contributed by atoms with Crippen LogP contribution in [0.4, 0.5) is 0 Å². The minimum absolute atomic E-state index is 0. The predicted octanol–water partition coefficient (Wildman–Crippen LogP) is -4.85. The Balaban J connectivity index is 0. The summed E-state index contributed by atoms with van der Waals surface area (Å²) in [6.07, 6.45) is 0. The van der Waals surface area contributed by atoms with Crippen molar-refractivity contribution in [2.24, 2.45) is 0 Å². The van der Waals surface area contributed by atoms with E-state index < -0.39 is 0 Å². The average molecular weight is 423 g/mol. The Morgan fingerprint density at radius 3 is 1.00 bits per heavy atom. The first kappa shape index (κ1) is 30.8. The third-order valence-corrected chi connectivity index (χ3v) is 0. The molecule has 0 aromatic rings. The van der Waals surface area contributed by atoms with Crippen molar-refractivity contribution in [3.05, 3.63) is 0 Å². The van der Waals surface area contributed by atoms with Gasteiger partial charge in [0.25, 0.3) is 0 Å². The van der Waals surface area contributed by atoms with Crippen LogP contribution < -0.4 is 0 Å². The Hall–Kier alpha value is 5.85. The molecule has 0 aliphatic heterocycles. The van der Waals surface area contributed by atoms with Gasteiger partial charge in [0.2, 0.25) is 0 Å². The Morgan fingerprint density at radius 2 is 1.00 bits per heavy atom. The summed E-state index contributed by atoms with van der Waals surface area (Å²) in [4.78, 5) is 0. The first-order chi connectivity index (χ1) is 0. The van der Waals surface area contributed by atoms with Crippen LogP contribution in [0, 0.1) is 0 Å². The van der Waals surface area contributed by atoms with Crippen LogP contribution in [0.1, 0.15) is 0 Å². The Kier molecular flexibility index (Phi) is 139. The van der Waals surface area contributed by atoms with Crippen molar-refractivity contribution in [3.8, 4) is 0 Å². The molecular formula is H11CaCsGeSeSr. The van der Waals surface area contributed by atoms with Gasteiger partial charge in [0.1, 0.15) is 0 Å². The molecule has 5 heteroatoms. The van der Waals surface area contributed by atoms with E-state index in [1.807, 2.05) is 0 Å². The molecule has 0 atom stereocenters. The van der Waals surface area contributed by atoms with Gasteiger partial charge in [-0.3, -0.25) is 0 Å². The van der Waals surface area contributed by atoms with E-state index >= 15 is 0 Å². The van der Waals surface area contributed by atoms with Crippen LogP contribution in [0.5, 0.6) is 0 Å². The van der Waals surface area contributed by atoms with Crippen LogP contribution in [0.3, 0.4) is 0 Å². The van der Waals surface area contributed by atoms with Crippen LogP contribution in [0.15, 0.2) is 0 Å². The topological polar surface area (TPSA) is 0 Å². The van der Waals surface area contributed by atoms with Crippen molar-refractivity contribution in [2.75, 3.05) is 0 Å². The van der Waals surface area contributed by atoms with Crippen molar-refractivity contribution in [3.63, 3.8) is 0 Å². The van der Waals surface area contributed by atoms with E-state index in [2.05, 4.69) is 0 Å². The van der Waals surface area contributed by atoms with Gasteiger partial charge in [0.15, 0.2) is 0 Å². The van der Waals surface area contributed by atoms with Gasteiger partial charge in [-0.2, -0.15) is 0 Å². The van der Waals surface area contributed by atoms with Crippen LogP contribution in [-0.2, 0) is 0 Å². The summed E-state index contributed by atoms with van der Waals surface area (Å²) >= 11 is 0. The molecule has 0 radical (unpaired) electrons. The SMILES string of the molecule is [CaH2].[CsH].[GeH4].[SeH2].[SrH2]. The van der Waals surface area contributed by atoms with Crippen LogP contribution in [0.2, 0.25) is 0 Å². The molecule has 0 amide bonds. The van der Waals surface area contributed by atoms with Gasteiger partial charge < -0.3 is 0 Å². The molecule has 0 aromatic carbocycles. The van der Waals surface area contributed by atoms with Crippen molar-refractivity contribution < 1.29 is 0 Å². The molecule has 0 nitrogen and oxygen atoms in total. The number of hydrogen-bond acceptors (Lipinski definition) is 0. The molecule has 0 heterocycles. The van der Waals surface area contributed by atoms with Gasteiger partial charge in [-0.25, -0.2) is 0 Å². The first-order valence-electron chi connectivity index (χ1n) is 0. The quantitative estimate of drug-likeness (QED) is 0.343. The molecule has 0 unspecified atom stereocenters. The second kappa shape index (κ2) is 22.5. The Labute approximate surface area is 180 Å². The summed E-state index contributed by atoms with van der Waals surface area (Å²) in [5, 5.41) is 0. The van der Waals surface area contributed by atoms with E-state index in [0.29, 0.717) is 0 Å². The summed E-state index contributed by atoms with van der Waals surface area (Å²) in [5.41, 5.74) is 0. The second-order valence-electron chi connectivity index (χ2n) is 0. The molecule has 0 fully saturated rings. The van der Waals surface area contributed by atoms with Gasteiger partial charge in [-0.15, -0.1) is 0 Å². The minimum atomic E-state index is 0. The Morgan fingerprint density at radius 1 is 1.00 bits per heavy atom. The molecule has 26 valence electrons. The van der Waals surface area contributed by atoms with Crippen molar-refractivity contribution >= 4 is 187 Å². The zero-order valence-corrected chi connectivity index (χ0v) is 2.60. The Bertz CT molecular complexity index is 11.6. The zero-order valence-electron chi connectivity index (χ0n) is 0.500. The third kappa shape index (κ3) is 17.7. The summed E-state index contributed by atoms with van der Waals surface area (Å²) in [6, 6.07) is 0. The van der Waals surface area contributed by atoms with Gasteiger partial charge in [0.05, 0.1) is 0 Å². The average Bonchev–Trinajstić information content (AvgIpc) is 0. The second-order valence-corrected chi connectivity index (χ2v) is 0. The molecule has 0 bridgehead atoms. The van der Waals surface area contributed by atoms with Crippen LogP contribution >= 0.6 is 0 Å². The van der Waals surface area contributed by atoms with E-state index in [1.54, 1.807) is 0 Å². The normalized spacial score (nSPS) is 0. The molecule has 0 aliphatic rings. The standard InChI is InChI=1S/Ca.Cs.GeH4.H2Se.Sr.5H/h;;1H4;1H2;;;;;;. The predicted molar refractivity (Wildman–Crippen MR) is 44.1 cm³/mol. The first-order valence-corrected chi connectivity index (χ1v) is 0. The van der Waals surface area contributed by atoms with Crippen LogP contribution in [0.25, 0.3) is 0 Å². The van der Waals surface area contributed by atoms with Crippen LogP contribution in [-0.4, -0.2) is 187 Å². The monoisotopic (exact) mass is 426 g/mol. The molecule has 0 aliphatic carbocycles. The number of hydrogen-bond donors (Lipinski definition) is 0. The summed E-state index contributed by atoms with van der Waals surface area (Å²) in [6.45, 7) is 0. The van der Waals surface area contributed by atoms with E-state index in [-0.39, 0.29) is 187 Å². The molecule has 0 rings (SSSR count). The van der Waals surface area contributed by atoms with Crippen molar-refractivity contribution in [1.82, 2.24) is 0 Å². The van der Waals surface area contributed by atoms with E-state index in [1.165, 1.54) is 0 Å². The maximum atomic E-state index is 0. The third-order valence-electron chi connectivity index (χ3n) is 0. The van der Waals surface area contributed by atoms with Crippen molar-refractivity contribution in [1.29, 1.82) is 0 Å². The molecule has 0 aromatic heterocycles. The fourth-order valence-electron chi connectivity index (χ4n) is 0. The molecular weight excluding hydrogens is 412 g/mol. The van der Waals surface area contributed by atoms with E-state index in [4.69, 9.17) is 0 Å². The number of rotatable bonds is 0. The van der Waals surface area contributed by atoms with Gasteiger partial charge in [-0.05, 0) is 0 Å². The van der Waals surface area contributed by atoms with Gasteiger partial charge in [0, 0.05) is 0 Å². The zero-order chi connectivity index (χ0) is 0. The molecule has 0 N–H and O–H groups in total. The molecule has 0 spiro atoms.